The summed E-state index contributed by atoms with van der Waals surface area (Å²) in [5.41, 5.74) is 0.702. The van der Waals surface area contributed by atoms with E-state index in [4.69, 9.17) is 0 Å². The van der Waals surface area contributed by atoms with Gasteiger partial charge in [-0.3, -0.25) is 0 Å². The Morgan fingerprint density at radius 1 is 1.11 bits per heavy atom. The molecule has 0 aliphatic carbocycles. The second-order valence-corrected chi connectivity index (χ2v) is 5.19. The normalized spacial score (nSPS) is 17.5. The third-order valence-electron chi connectivity index (χ3n) is 3.96. The molecule has 1 aromatic rings. The quantitative estimate of drug-likeness (QED) is 0.618. The van der Waals surface area contributed by atoms with Crippen molar-refractivity contribution >= 4 is 0 Å². The average molecular weight is 266 g/mol. The van der Waals surface area contributed by atoms with E-state index >= 15 is 0 Å². The second kappa shape index (κ2) is 5.97. The van der Waals surface area contributed by atoms with Gasteiger partial charge in [-0.2, -0.15) is 0 Å². The molecule has 106 valence electrons. The monoisotopic (exact) mass is 266 g/mol. The maximum atomic E-state index is 9.85. The molecule has 1 rings (SSSR count). The van der Waals surface area contributed by atoms with Crippen molar-refractivity contribution < 1.29 is 20.4 Å². The fraction of sp³-hybridized carbons (Fsp3) is 0.467. The van der Waals surface area contributed by atoms with Crippen LogP contribution >= 0.6 is 0 Å². The third kappa shape index (κ3) is 3.41. The van der Waals surface area contributed by atoms with E-state index in [1.54, 1.807) is 6.07 Å². The Hall–Kier alpha value is -1.68. The van der Waals surface area contributed by atoms with Crippen molar-refractivity contribution in [1.29, 1.82) is 0 Å². The molecule has 4 N–H and O–H groups in total. The van der Waals surface area contributed by atoms with Crippen LogP contribution in [0.25, 0.3) is 0 Å². The van der Waals surface area contributed by atoms with E-state index in [1.165, 1.54) is 12.1 Å². The summed E-state index contributed by atoms with van der Waals surface area (Å²) < 4.78 is 0. The number of hydrogen-bond donors (Lipinski definition) is 4. The zero-order valence-corrected chi connectivity index (χ0v) is 11.5. The fourth-order valence-corrected chi connectivity index (χ4v) is 2.25. The first-order chi connectivity index (χ1) is 8.75. The molecule has 0 amide bonds. The number of hydrogen-bond acceptors (Lipinski definition) is 4. The second-order valence-electron chi connectivity index (χ2n) is 5.19. The van der Waals surface area contributed by atoms with E-state index in [9.17, 15) is 20.4 Å². The van der Waals surface area contributed by atoms with Gasteiger partial charge in [0.15, 0.2) is 0 Å². The Kier molecular flexibility index (Phi) is 4.84. The van der Waals surface area contributed by atoms with Gasteiger partial charge in [0.05, 0.1) is 0 Å². The number of aromatic hydroxyl groups is 2. The number of aliphatic hydroxyl groups is 2. The summed E-state index contributed by atoms with van der Waals surface area (Å²) >= 11 is 0. The zero-order valence-electron chi connectivity index (χ0n) is 11.5. The van der Waals surface area contributed by atoms with Crippen LogP contribution in [0.2, 0.25) is 0 Å². The smallest absolute Gasteiger partial charge is 0.122 e. The van der Waals surface area contributed by atoms with Crippen LogP contribution in [0.15, 0.2) is 30.5 Å². The molecule has 0 saturated heterocycles. The number of rotatable bonds is 5. The Morgan fingerprint density at radius 2 is 1.68 bits per heavy atom. The van der Waals surface area contributed by atoms with Gasteiger partial charge >= 0.3 is 0 Å². The standard InChI is InChI=1S/C15H22O4/c1-8(10(3)15(19)11(4)16)9(2)13-6-5-12(17)7-14(13)18/h5-10,15-19H,4H2,1-3H3/t8-,9-,10+,15?/m0/s1. The van der Waals surface area contributed by atoms with Gasteiger partial charge in [-0.15, -0.1) is 0 Å². The maximum Gasteiger partial charge on any atom is 0.122 e. The summed E-state index contributed by atoms with van der Waals surface area (Å²) in [6.07, 6.45) is -0.989. The Morgan fingerprint density at radius 3 is 2.16 bits per heavy atom. The average Bonchev–Trinajstić information content (AvgIpc) is 2.35. The summed E-state index contributed by atoms with van der Waals surface area (Å²) in [6, 6.07) is 4.48. The molecule has 1 unspecified atom stereocenters. The molecule has 0 aliphatic rings. The van der Waals surface area contributed by atoms with Gasteiger partial charge in [0, 0.05) is 6.07 Å². The topological polar surface area (TPSA) is 80.9 Å². The first-order valence-corrected chi connectivity index (χ1v) is 6.33. The first kappa shape index (κ1) is 15.4. The van der Waals surface area contributed by atoms with Gasteiger partial charge < -0.3 is 20.4 Å². The molecule has 4 atom stereocenters. The van der Waals surface area contributed by atoms with Crippen LogP contribution in [0.5, 0.6) is 11.5 Å². The van der Waals surface area contributed by atoms with Gasteiger partial charge in [-0.05, 0) is 29.4 Å². The summed E-state index contributed by atoms with van der Waals surface area (Å²) in [7, 11) is 0. The predicted octanol–water partition coefficient (Wildman–Crippen LogP) is 2.91. The first-order valence-electron chi connectivity index (χ1n) is 6.33. The van der Waals surface area contributed by atoms with E-state index in [0.29, 0.717) is 5.56 Å². The minimum atomic E-state index is -0.989. The van der Waals surface area contributed by atoms with Gasteiger partial charge in [0.25, 0.3) is 0 Å². The van der Waals surface area contributed by atoms with Crippen molar-refractivity contribution in [3.63, 3.8) is 0 Å². The van der Waals surface area contributed by atoms with Crippen LogP contribution in [-0.4, -0.2) is 26.5 Å². The van der Waals surface area contributed by atoms with Crippen LogP contribution in [0.1, 0.15) is 32.3 Å². The minimum absolute atomic E-state index is 0.00865. The van der Waals surface area contributed by atoms with Crippen molar-refractivity contribution in [2.24, 2.45) is 11.8 Å². The van der Waals surface area contributed by atoms with E-state index in [0.717, 1.165) is 0 Å². The lowest BCUT2D eigenvalue weighted by Gasteiger charge is -2.29. The highest BCUT2D eigenvalue weighted by molar-refractivity contribution is 5.41. The van der Waals surface area contributed by atoms with Crippen LogP contribution in [0, 0.1) is 11.8 Å². The van der Waals surface area contributed by atoms with Crippen LogP contribution in [-0.2, 0) is 0 Å². The van der Waals surface area contributed by atoms with E-state index in [1.807, 2.05) is 20.8 Å². The molecular formula is C15H22O4. The molecule has 1 aromatic carbocycles. The zero-order chi connectivity index (χ0) is 14.7. The Bertz CT molecular complexity index is 455. The molecule has 19 heavy (non-hydrogen) atoms. The molecule has 4 heteroatoms. The van der Waals surface area contributed by atoms with Gasteiger partial charge in [-0.1, -0.05) is 33.4 Å². The number of phenolic OH excluding ortho intramolecular Hbond substituents is 2. The van der Waals surface area contributed by atoms with Gasteiger partial charge in [0.1, 0.15) is 23.4 Å². The van der Waals surface area contributed by atoms with Crippen LogP contribution in [0.3, 0.4) is 0 Å². The maximum absolute atomic E-state index is 9.85. The molecule has 0 heterocycles. The predicted molar refractivity (Wildman–Crippen MR) is 74.3 cm³/mol. The highest BCUT2D eigenvalue weighted by atomic mass is 16.3. The van der Waals surface area contributed by atoms with E-state index in [2.05, 4.69) is 6.58 Å². The summed E-state index contributed by atoms with van der Waals surface area (Å²) in [4.78, 5) is 0. The SMILES string of the molecule is C=C(O)C(O)[C@H](C)[C@@H](C)[C@H](C)c1ccc(O)cc1O. The lowest BCUT2D eigenvalue weighted by molar-refractivity contribution is 0.0736. The molecule has 0 spiro atoms. The largest absolute Gasteiger partial charge is 0.510 e. The van der Waals surface area contributed by atoms with Crippen LogP contribution < -0.4 is 0 Å². The lowest BCUT2D eigenvalue weighted by atomic mass is 9.78. The molecule has 0 aliphatic heterocycles. The molecule has 0 aromatic heterocycles. The Labute approximate surface area is 113 Å². The van der Waals surface area contributed by atoms with Crippen molar-refractivity contribution in [3.05, 3.63) is 36.1 Å². The van der Waals surface area contributed by atoms with Crippen molar-refractivity contribution in [3.8, 4) is 11.5 Å². The summed E-state index contributed by atoms with van der Waals surface area (Å²) in [5.74, 6) is -0.442. The molecule has 4 nitrogen and oxygen atoms in total. The summed E-state index contributed by atoms with van der Waals surface area (Å²) in [6.45, 7) is 9.04. The van der Waals surface area contributed by atoms with Crippen LogP contribution in [0.4, 0.5) is 0 Å². The van der Waals surface area contributed by atoms with Gasteiger partial charge in [0.2, 0.25) is 0 Å². The molecule has 0 radical (unpaired) electrons. The number of aliphatic hydroxyl groups excluding tert-OH is 2. The third-order valence-corrected chi connectivity index (χ3v) is 3.96. The highest BCUT2D eigenvalue weighted by Gasteiger charge is 2.28. The fourth-order valence-electron chi connectivity index (χ4n) is 2.25. The molecule has 0 fully saturated rings. The van der Waals surface area contributed by atoms with E-state index in [-0.39, 0.29) is 35.0 Å². The van der Waals surface area contributed by atoms with E-state index < -0.39 is 6.10 Å². The summed E-state index contributed by atoms with van der Waals surface area (Å²) in [5, 5.41) is 38.2. The van der Waals surface area contributed by atoms with Crippen molar-refractivity contribution in [1.82, 2.24) is 0 Å². The number of benzene rings is 1. The van der Waals surface area contributed by atoms with Gasteiger partial charge in [-0.25, -0.2) is 0 Å². The minimum Gasteiger partial charge on any atom is -0.510 e. The molecular weight excluding hydrogens is 244 g/mol. The highest BCUT2D eigenvalue weighted by Crippen LogP contribution is 2.37. The molecule has 0 saturated carbocycles. The molecule has 0 bridgehead atoms. The van der Waals surface area contributed by atoms with Crippen molar-refractivity contribution in [2.45, 2.75) is 32.8 Å². The lowest BCUT2D eigenvalue weighted by Crippen LogP contribution is -2.28. The van der Waals surface area contributed by atoms with Crippen molar-refractivity contribution in [2.75, 3.05) is 0 Å². The number of phenols is 2. The Balaban J connectivity index is 2.93.